The Morgan fingerprint density at radius 1 is 0.971 bits per heavy atom. The summed E-state index contributed by atoms with van der Waals surface area (Å²) in [6.07, 6.45) is 1.48. The molecule has 0 bridgehead atoms. The minimum atomic E-state index is -0.933. The number of hydrogen-bond acceptors (Lipinski definition) is 4. The summed E-state index contributed by atoms with van der Waals surface area (Å²) in [6, 6.07) is 16.3. The van der Waals surface area contributed by atoms with Crippen LogP contribution < -0.4 is 5.32 Å². The monoisotopic (exact) mass is 466 g/mol. The van der Waals surface area contributed by atoms with Crippen molar-refractivity contribution in [1.82, 2.24) is 10.2 Å². The molecule has 2 aromatic rings. The fourth-order valence-electron chi connectivity index (χ4n) is 4.61. The van der Waals surface area contributed by atoms with E-state index in [0.29, 0.717) is 13.0 Å². The first-order valence-electron chi connectivity index (χ1n) is 12.1. The average Bonchev–Trinajstić information content (AvgIpc) is 3.16. The quantitative estimate of drug-likeness (QED) is 0.475. The van der Waals surface area contributed by atoms with Gasteiger partial charge >= 0.3 is 12.1 Å². The molecule has 0 saturated heterocycles. The molecule has 0 heterocycles. The van der Waals surface area contributed by atoms with Crippen LogP contribution in [0.2, 0.25) is 0 Å². The number of benzene rings is 2. The van der Waals surface area contributed by atoms with Gasteiger partial charge < -0.3 is 20.1 Å². The van der Waals surface area contributed by atoms with Gasteiger partial charge in [-0.25, -0.2) is 4.79 Å². The molecule has 1 aliphatic carbocycles. The summed E-state index contributed by atoms with van der Waals surface area (Å²) in [5.74, 6) is -1.49. The summed E-state index contributed by atoms with van der Waals surface area (Å²) in [7, 11) is 0. The third kappa shape index (κ3) is 6.16. The summed E-state index contributed by atoms with van der Waals surface area (Å²) in [6.45, 7) is 4.98. The minimum absolute atomic E-state index is 0.0257. The number of alkyl carbamates (subject to hydrolysis) is 1. The van der Waals surface area contributed by atoms with Crippen LogP contribution in [0.25, 0.3) is 11.1 Å². The highest BCUT2D eigenvalue weighted by atomic mass is 16.5. The van der Waals surface area contributed by atoms with Gasteiger partial charge in [-0.1, -0.05) is 68.8 Å². The van der Waals surface area contributed by atoms with Gasteiger partial charge in [0.05, 0.1) is 12.3 Å². The van der Waals surface area contributed by atoms with Gasteiger partial charge in [-0.3, -0.25) is 9.59 Å². The van der Waals surface area contributed by atoms with Crippen molar-refractivity contribution in [3.8, 4) is 11.1 Å². The Balaban J connectivity index is 1.58. The zero-order chi connectivity index (χ0) is 24.5. The van der Waals surface area contributed by atoms with E-state index in [2.05, 4.69) is 29.6 Å². The number of fused-ring (bicyclic) bond motifs is 3. The number of hydrogen-bond donors (Lipinski definition) is 2. The number of aliphatic carboxylic acids is 1. The van der Waals surface area contributed by atoms with Crippen molar-refractivity contribution in [2.75, 3.05) is 26.2 Å². The SMILES string of the molecule is CCCC(CNC(=O)OCC1c2ccccc2-c2ccccc21)C(=O)N(CCC)CCC(=O)O. The number of amides is 2. The van der Waals surface area contributed by atoms with Crippen molar-refractivity contribution in [1.29, 1.82) is 0 Å². The molecule has 0 spiro atoms. The molecular weight excluding hydrogens is 432 g/mol. The van der Waals surface area contributed by atoms with Crippen LogP contribution in [-0.2, 0) is 14.3 Å². The van der Waals surface area contributed by atoms with Crippen LogP contribution in [0.1, 0.15) is 56.6 Å². The maximum Gasteiger partial charge on any atom is 0.407 e. The molecular formula is C27H34N2O5. The second-order valence-electron chi connectivity index (χ2n) is 8.66. The molecule has 0 radical (unpaired) electrons. The number of rotatable bonds is 12. The summed E-state index contributed by atoms with van der Waals surface area (Å²) in [5, 5.41) is 11.7. The van der Waals surface area contributed by atoms with Crippen molar-refractivity contribution in [3.63, 3.8) is 0 Å². The lowest BCUT2D eigenvalue weighted by atomic mass is 9.98. The Morgan fingerprint density at radius 3 is 2.15 bits per heavy atom. The maximum atomic E-state index is 13.0. The lowest BCUT2D eigenvalue weighted by Gasteiger charge is -2.27. The molecule has 182 valence electrons. The zero-order valence-corrected chi connectivity index (χ0v) is 20.0. The number of carboxylic acids is 1. The van der Waals surface area contributed by atoms with E-state index in [1.807, 2.05) is 38.1 Å². The van der Waals surface area contributed by atoms with Crippen LogP contribution in [0.5, 0.6) is 0 Å². The van der Waals surface area contributed by atoms with Crippen LogP contribution in [0.4, 0.5) is 4.79 Å². The summed E-state index contributed by atoms with van der Waals surface area (Å²) in [4.78, 5) is 38.1. The molecule has 1 unspecified atom stereocenters. The Kier molecular flexibility index (Phi) is 9.08. The molecule has 34 heavy (non-hydrogen) atoms. The topological polar surface area (TPSA) is 95.9 Å². The van der Waals surface area contributed by atoms with E-state index in [-0.39, 0.29) is 37.9 Å². The van der Waals surface area contributed by atoms with E-state index in [1.165, 1.54) is 0 Å². The van der Waals surface area contributed by atoms with Crippen LogP contribution in [0.15, 0.2) is 48.5 Å². The van der Waals surface area contributed by atoms with Crippen molar-refractivity contribution < 1.29 is 24.2 Å². The van der Waals surface area contributed by atoms with Crippen LogP contribution in [0.3, 0.4) is 0 Å². The lowest BCUT2D eigenvalue weighted by molar-refractivity contribution is -0.139. The number of ether oxygens (including phenoxy) is 1. The third-order valence-corrected chi connectivity index (χ3v) is 6.22. The van der Waals surface area contributed by atoms with Gasteiger partial charge in [0.15, 0.2) is 0 Å². The number of nitrogens with zero attached hydrogens (tertiary/aromatic N) is 1. The van der Waals surface area contributed by atoms with E-state index in [4.69, 9.17) is 9.84 Å². The Labute approximate surface area is 201 Å². The number of carbonyl (C=O) groups is 3. The van der Waals surface area contributed by atoms with E-state index < -0.39 is 18.0 Å². The molecule has 2 N–H and O–H groups in total. The highest BCUT2D eigenvalue weighted by molar-refractivity contribution is 5.81. The number of nitrogens with one attached hydrogen (secondary N) is 1. The Bertz CT molecular complexity index is 961. The predicted octanol–water partition coefficient (Wildman–Crippen LogP) is 4.65. The third-order valence-electron chi connectivity index (χ3n) is 6.22. The van der Waals surface area contributed by atoms with E-state index in [0.717, 1.165) is 35.1 Å². The van der Waals surface area contributed by atoms with E-state index in [1.54, 1.807) is 4.90 Å². The Morgan fingerprint density at radius 2 is 1.59 bits per heavy atom. The smallest absolute Gasteiger partial charge is 0.407 e. The summed E-state index contributed by atoms with van der Waals surface area (Å²) < 4.78 is 5.58. The van der Waals surface area contributed by atoms with E-state index in [9.17, 15) is 14.4 Å². The minimum Gasteiger partial charge on any atom is -0.481 e. The predicted molar refractivity (Wildman–Crippen MR) is 131 cm³/mol. The Hall–Kier alpha value is -3.35. The molecule has 7 nitrogen and oxygen atoms in total. The number of carbonyl (C=O) groups excluding carboxylic acids is 2. The normalized spacial score (nSPS) is 13.0. The molecule has 2 aromatic carbocycles. The lowest BCUT2D eigenvalue weighted by Crippen LogP contribution is -2.43. The summed E-state index contributed by atoms with van der Waals surface area (Å²) in [5.41, 5.74) is 4.62. The molecule has 0 saturated carbocycles. The number of carboxylic acid groups (broad SMARTS) is 1. The van der Waals surface area contributed by atoms with Gasteiger partial charge in [0, 0.05) is 25.6 Å². The first-order valence-corrected chi connectivity index (χ1v) is 12.1. The first kappa shape index (κ1) is 25.3. The van der Waals surface area contributed by atoms with Crippen molar-refractivity contribution in [3.05, 3.63) is 59.7 Å². The molecule has 1 atom stereocenters. The molecule has 0 fully saturated rings. The van der Waals surface area contributed by atoms with Gasteiger partial charge in [-0.2, -0.15) is 0 Å². The highest BCUT2D eigenvalue weighted by Gasteiger charge is 2.29. The van der Waals surface area contributed by atoms with Gasteiger partial charge in [-0.05, 0) is 35.1 Å². The van der Waals surface area contributed by atoms with Crippen molar-refractivity contribution >= 4 is 18.0 Å². The van der Waals surface area contributed by atoms with Gasteiger partial charge in [0.25, 0.3) is 0 Å². The van der Waals surface area contributed by atoms with Crippen LogP contribution in [-0.4, -0.2) is 54.2 Å². The van der Waals surface area contributed by atoms with Crippen molar-refractivity contribution in [2.24, 2.45) is 5.92 Å². The molecule has 1 aliphatic rings. The standard InChI is InChI=1S/C27H34N2O5/c1-3-9-19(26(32)29(15-4-2)16-14-25(30)31)17-28-27(33)34-18-24-22-12-7-5-10-20(22)21-11-6-8-13-23(21)24/h5-8,10-13,19,24H,3-4,9,14-18H2,1-2H3,(H,28,33)(H,30,31). The van der Waals surface area contributed by atoms with Gasteiger partial charge in [0.1, 0.15) is 6.61 Å². The maximum absolute atomic E-state index is 13.0. The summed E-state index contributed by atoms with van der Waals surface area (Å²) >= 11 is 0. The second-order valence-corrected chi connectivity index (χ2v) is 8.66. The fourth-order valence-corrected chi connectivity index (χ4v) is 4.61. The van der Waals surface area contributed by atoms with Crippen molar-refractivity contribution in [2.45, 2.75) is 45.4 Å². The second kappa shape index (κ2) is 12.2. The molecule has 3 rings (SSSR count). The molecule has 0 aliphatic heterocycles. The molecule has 0 aromatic heterocycles. The average molecular weight is 467 g/mol. The highest BCUT2D eigenvalue weighted by Crippen LogP contribution is 2.44. The van der Waals surface area contributed by atoms with E-state index >= 15 is 0 Å². The van der Waals surface area contributed by atoms with Gasteiger partial charge in [-0.15, -0.1) is 0 Å². The first-order chi connectivity index (χ1) is 16.5. The zero-order valence-electron chi connectivity index (χ0n) is 20.0. The van der Waals surface area contributed by atoms with Gasteiger partial charge in [0.2, 0.25) is 5.91 Å². The van der Waals surface area contributed by atoms with Crippen LogP contribution >= 0.6 is 0 Å². The molecule has 7 heteroatoms. The largest absolute Gasteiger partial charge is 0.481 e. The fraction of sp³-hybridized carbons (Fsp3) is 0.444. The van der Waals surface area contributed by atoms with Crippen LogP contribution in [0, 0.1) is 5.92 Å². The molecule has 2 amide bonds.